The van der Waals surface area contributed by atoms with Gasteiger partial charge in [-0.1, -0.05) is 42.5 Å². The summed E-state index contributed by atoms with van der Waals surface area (Å²) in [6.07, 6.45) is 0.685. The molecule has 1 heterocycles. The molecule has 4 rings (SSSR count). The minimum atomic E-state index is -3.74. The molecule has 0 fully saturated rings. The molecule has 5 nitrogen and oxygen atoms in total. The van der Waals surface area contributed by atoms with Gasteiger partial charge in [0.15, 0.2) is 0 Å². The zero-order valence-corrected chi connectivity index (χ0v) is 16.3. The van der Waals surface area contributed by atoms with Crippen LogP contribution in [0, 0.1) is 0 Å². The number of hydrogen-bond acceptors (Lipinski definition) is 3. The van der Waals surface area contributed by atoms with Crippen LogP contribution in [0.5, 0.6) is 0 Å². The van der Waals surface area contributed by atoms with Crippen molar-refractivity contribution in [3.63, 3.8) is 0 Å². The third-order valence-electron chi connectivity index (χ3n) is 4.96. The van der Waals surface area contributed by atoms with Crippen LogP contribution in [0.25, 0.3) is 0 Å². The first-order valence-corrected chi connectivity index (χ1v) is 10.5. The van der Waals surface area contributed by atoms with Crippen LogP contribution in [-0.2, 0) is 16.4 Å². The summed E-state index contributed by atoms with van der Waals surface area (Å²) >= 11 is 0. The second kappa shape index (κ2) is 7.13. The number of nitrogens with zero attached hydrogens (tertiary/aromatic N) is 2. The predicted molar refractivity (Wildman–Crippen MR) is 110 cm³/mol. The van der Waals surface area contributed by atoms with Gasteiger partial charge in [-0.2, -0.15) is 0 Å². The van der Waals surface area contributed by atoms with Crippen LogP contribution in [0.1, 0.15) is 15.9 Å². The third-order valence-corrected chi connectivity index (χ3v) is 6.77. The molecule has 28 heavy (non-hydrogen) atoms. The molecular weight excluding hydrogens is 372 g/mol. The van der Waals surface area contributed by atoms with Crippen molar-refractivity contribution in [2.75, 3.05) is 22.8 Å². The van der Waals surface area contributed by atoms with Gasteiger partial charge < -0.3 is 4.90 Å². The van der Waals surface area contributed by atoms with E-state index in [0.717, 1.165) is 11.3 Å². The largest absolute Gasteiger partial charge is 0.311 e. The van der Waals surface area contributed by atoms with Crippen LogP contribution < -0.4 is 9.21 Å². The van der Waals surface area contributed by atoms with Gasteiger partial charge in [-0.25, -0.2) is 8.42 Å². The van der Waals surface area contributed by atoms with Gasteiger partial charge in [0.1, 0.15) is 0 Å². The quantitative estimate of drug-likeness (QED) is 0.680. The van der Waals surface area contributed by atoms with Crippen molar-refractivity contribution in [3.05, 3.63) is 90.0 Å². The molecule has 0 aromatic heterocycles. The molecule has 0 saturated heterocycles. The van der Waals surface area contributed by atoms with E-state index in [0.29, 0.717) is 24.2 Å². The number of rotatable bonds is 4. The zero-order valence-electron chi connectivity index (χ0n) is 15.4. The van der Waals surface area contributed by atoms with E-state index in [-0.39, 0.29) is 10.8 Å². The molecule has 1 aliphatic rings. The number of anilines is 2. The molecule has 0 aliphatic carbocycles. The fraction of sp³-hybridized carbons (Fsp3) is 0.136. The fourth-order valence-corrected chi connectivity index (χ4v) is 4.99. The number of fused-ring (bicyclic) bond motifs is 1. The molecule has 142 valence electrons. The molecule has 0 spiro atoms. The summed E-state index contributed by atoms with van der Waals surface area (Å²) in [6, 6.07) is 23.0. The molecule has 3 aromatic carbocycles. The molecule has 0 radical (unpaired) electrons. The van der Waals surface area contributed by atoms with Gasteiger partial charge in [0.25, 0.3) is 15.9 Å². The van der Waals surface area contributed by atoms with Gasteiger partial charge >= 0.3 is 0 Å². The smallest absolute Gasteiger partial charge is 0.264 e. The van der Waals surface area contributed by atoms with Gasteiger partial charge in [-0.15, -0.1) is 0 Å². The molecule has 0 bridgehead atoms. The maximum atomic E-state index is 13.2. The normalized spacial score (nSPS) is 13.2. The minimum absolute atomic E-state index is 0.122. The predicted octanol–water partition coefficient (Wildman–Crippen LogP) is 3.71. The Morgan fingerprint density at radius 3 is 2.43 bits per heavy atom. The second-order valence-corrected chi connectivity index (χ2v) is 8.55. The van der Waals surface area contributed by atoms with Gasteiger partial charge in [-0.05, 0) is 48.4 Å². The molecule has 0 unspecified atom stereocenters. The number of hydrogen-bond donors (Lipinski definition) is 0. The monoisotopic (exact) mass is 392 g/mol. The summed E-state index contributed by atoms with van der Waals surface area (Å²) in [5, 5.41) is 0. The lowest BCUT2D eigenvalue weighted by Gasteiger charge is -2.21. The number of carbonyl (C=O) groups excluding carboxylic acids is 1. The Labute approximate surface area is 164 Å². The van der Waals surface area contributed by atoms with E-state index in [1.165, 1.54) is 21.3 Å². The average molecular weight is 392 g/mol. The average Bonchev–Trinajstić information content (AvgIpc) is 3.18. The summed E-state index contributed by atoms with van der Waals surface area (Å²) in [6.45, 7) is 0.407. The summed E-state index contributed by atoms with van der Waals surface area (Å²) in [7, 11) is -2.06. The Bertz CT molecular complexity index is 1130. The highest BCUT2D eigenvalue weighted by Crippen LogP contribution is 2.32. The van der Waals surface area contributed by atoms with E-state index >= 15 is 0 Å². The van der Waals surface area contributed by atoms with Crippen molar-refractivity contribution in [1.82, 2.24) is 0 Å². The van der Waals surface area contributed by atoms with Gasteiger partial charge in [-0.3, -0.25) is 9.10 Å². The maximum Gasteiger partial charge on any atom is 0.264 e. The van der Waals surface area contributed by atoms with E-state index in [4.69, 9.17) is 0 Å². The number of sulfonamides is 1. The lowest BCUT2D eigenvalue weighted by atomic mass is 10.2. The van der Waals surface area contributed by atoms with E-state index in [2.05, 4.69) is 0 Å². The highest BCUT2D eigenvalue weighted by molar-refractivity contribution is 7.92. The Balaban J connectivity index is 1.66. The standard InChI is InChI=1S/C22H20N2O3S/c1-23(19-10-3-2-4-11-19)22(25)18-9-7-12-20(16-18)28(26,27)24-15-14-17-8-5-6-13-21(17)24/h2-13,16H,14-15H2,1H3. The summed E-state index contributed by atoms with van der Waals surface area (Å²) in [5.41, 5.74) is 2.80. The van der Waals surface area contributed by atoms with Crippen LogP contribution in [0.3, 0.4) is 0 Å². The third kappa shape index (κ3) is 3.16. The Morgan fingerprint density at radius 1 is 0.929 bits per heavy atom. The summed E-state index contributed by atoms with van der Waals surface area (Å²) in [5.74, 6) is -0.259. The molecule has 0 saturated carbocycles. The number of carbonyl (C=O) groups is 1. The molecule has 0 N–H and O–H groups in total. The molecule has 1 amide bonds. The van der Waals surface area contributed by atoms with Crippen LogP contribution in [0.4, 0.5) is 11.4 Å². The maximum absolute atomic E-state index is 13.2. The number of amides is 1. The minimum Gasteiger partial charge on any atom is -0.311 e. The van der Waals surface area contributed by atoms with Crippen molar-refractivity contribution in [2.24, 2.45) is 0 Å². The number of para-hydroxylation sites is 2. The summed E-state index contributed by atoms with van der Waals surface area (Å²) in [4.78, 5) is 14.5. The van der Waals surface area contributed by atoms with Gasteiger partial charge in [0, 0.05) is 24.8 Å². The first kappa shape index (κ1) is 18.3. The molecule has 6 heteroatoms. The Kier molecular flexibility index (Phi) is 4.65. The van der Waals surface area contributed by atoms with Crippen LogP contribution in [0.15, 0.2) is 83.8 Å². The Morgan fingerprint density at radius 2 is 1.64 bits per heavy atom. The highest BCUT2D eigenvalue weighted by Gasteiger charge is 2.31. The highest BCUT2D eigenvalue weighted by atomic mass is 32.2. The Hall–Kier alpha value is -3.12. The SMILES string of the molecule is CN(C(=O)c1cccc(S(=O)(=O)N2CCc3ccccc32)c1)c1ccccc1. The van der Waals surface area contributed by atoms with Crippen molar-refractivity contribution in [3.8, 4) is 0 Å². The van der Waals surface area contributed by atoms with Crippen LogP contribution >= 0.6 is 0 Å². The van der Waals surface area contributed by atoms with E-state index < -0.39 is 10.0 Å². The van der Waals surface area contributed by atoms with E-state index in [1.54, 1.807) is 19.2 Å². The lowest BCUT2D eigenvalue weighted by Crippen LogP contribution is -2.30. The number of benzene rings is 3. The fourth-order valence-electron chi connectivity index (χ4n) is 3.44. The first-order valence-electron chi connectivity index (χ1n) is 9.02. The van der Waals surface area contributed by atoms with Crippen molar-refractivity contribution in [2.45, 2.75) is 11.3 Å². The first-order chi connectivity index (χ1) is 13.5. The van der Waals surface area contributed by atoms with Crippen molar-refractivity contribution in [1.29, 1.82) is 0 Å². The topological polar surface area (TPSA) is 57.7 Å². The van der Waals surface area contributed by atoms with Gasteiger partial charge in [0.2, 0.25) is 0 Å². The van der Waals surface area contributed by atoms with Crippen molar-refractivity contribution < 1.29 is 13.2 Å². The second-order valence-electron chi connectivity index (χ2n) is 6.68. The zero-order chi connectivity index (χ0) is 19.7. The lowest BCUT2D eigenvalue weighted by molar-refractivity contribution is 0.0993. The van der Waals surface area contributed by atoms with Crippen LogP contribution in [0.2, 0.25) is 0 Å². The van der Waals surface area contributed by atoms with E-state index in [9.17, 15) is 13.2 Å². The molecular formula is C22H20N2O3S. The van der Waals surface area contributed by atoms with Crippen molar-refractivity contribution >= 4 is 27.3 Å². The molecule has 3 aromatic rings. The van der Waals surface area contributed by atoms with Crippen LogP contribution in [-0.4, -0.2) is 27.9 Å². The summed E-state index contributed by atoms with van der Waals surface area (Å²) < 4.78 is 27.8. The van der Waals surface area contributed by atoms with Gasteiger partial charge in [0.05, 0.1) is 10.6 Å². The molecule has 0 atom stereocenters. The van der Waals surface area contributed by atoms with E-state index in [1.807, 2.05) is 54.6 Å². The molecule has 1 aliphatic heterocycles.